The molecular formula is C12H18N2O. The summed E-state index contributed by atoms with van der Waals surface area (Å²) in [6, 6.07) is 4.63. The number of nitrogens with zero attached hydrogens (tertiary/aromatic N) is 1. The maximum Gasteiger partial charge on any atom is 0.247 e. The number of hydrogen-bond donors (Lipinski definition) is 1. The molecule has 1 aliphatic rings. The zero-order valence-electron chi connectivity index (χ0n) is 9.36. The second-order valence-corrected chi connectivity index (χ2v) is 4.48. The summed E-state index contributed by atoms with van der Waals surface area (Å²) in [5.74, 6) is 0. The molecule has 3 nitrogen and oxygen atoms in total. The summed E-state index contributed by atoms with van der Waals surface area (Å²) in [6.07, 6.45) is 4.31. The minimum absolute atomic E-state index is 0.0205. The average Bonchev–Trinajstić information content (AvgIpc) is 2.67. The zero-order chi connectivity index (χ0) is 10.8. The van der Waals surface area contributed by atoms with Crippen molar-refractivity contribution in [2.24, 2.45) is 0 Å². The van der Waals surface area contributed by atoms with Crippen molar-refractivity contribution in [1.29, 1.82) is 0 Å². The summed E-state index contributed by atoms with van der Waals surface area (Å²) in [6.45, 7) is 5.62. The van der Waals surface area contributed by atoms with Crippen LogP contribution in [0.1, 0.15) is 38.3 Å². The summed E-state index contributed by atoms with van der Waals surface area (Å²) in [5, 5.41) is 0. The van der Waals surface area contributed by atoms with Gasteiger partial charge in [0.2, 0.25) is 5.56 Å². The van der Waals surface area contributed by atoms with Crippen LogP contribution in [0, 0.1) is 0 Å². The molecule has 0 bridgehead atoms. The van der Waals surface area contributed by atoms with Crippen molar-refractivity contribution in [3.63, 3.8) is 0 Å². The quantitative estimate of drug-likeness (QED) is 0.802. The van der Waals surface area contributed by atoms with Gasteiger partial charge in [0, 0.05) is 24.3 Å². The van der Waals surface area contributed by atoms with Crippen molar-refractivity contribution < 1.29 is 0 Å². The Kier molecular flexibility index (Phi) is 2.91. The lowest BCUT2D eigenvalue weighted by Gasteiger charge is -2.28. The van der Waals surface area contributed by atoms with E-state index in [-0.39, 0.29) is 5.56 Å². The molecule has 1 aromatic rings. The predicted octanol–water partition coefficient (Wildman–Crippen LogP) is 1.92. The Morgan fingerprint density at radius 2 is 2.27 bits per heavy atom. The van der Waals surface area contributed by atoms with Crippen LogP contribution in [0.4, 0.5) is 0 Å². The number of nitrogens with one attached hydrogen (secondary N) is 1. The molecule has 1 fully saturated rings. The molecule has 1 N–H and O–H groups in total. The second-order valence-electron chi connectivity index (χ2n) is 4.48. The van der Waals surface area contributed by atoms with Crippen LogP contribution in [0.25, 0.3) is 0 Å². The third-order valence-corrected chi connectivity index (χ3v) is 3.15. The van der Waals surface area contributed by atoms with E-state index in [1.165, 1.54) is 24.9 Å². The van der Waals surface area contributed by atoms with Crippen LogP contribution in [0.3, 0.4) is 0 Å². The Morgan fingerprint density at radius 3 is 2.87 bits per heavy atom. The summed E-state index contributed by atoms with van der Waals surface area (Å²) < 4.78 is 0. The van der Waals surface area contributed by atoms with Crippen LogP contribution in [0.5, 0.6) is 0 Å². The lowest BCUT2D eigenvalue weighted by Crippen LogP contribution is -2.30. The van der Waals surface area contributed by atoms with Crippen LogP contribution in [-0.2, 0) is 0 Å². The van der Waals surface area contributed by atoms with Gasteiger partial charge >= 0.3 is 0 Å². The van der Waals surface area contributed by atoms with Crippen LogP contribution < -0.4 is 5.56 Å². The lowest BCUT2D eigenvalue weighted by molar-refractivity contribution is 0.205. The minimum Gasteiger partial charge on any atom is -0.329 e. The molecule has 1 aliphatic heterocycles. The first-order valence-corrected chi connectivity index (χ1v) is 5.63. The highest BCUT2D eigenvalue weighted by molar-refractivity contribution is 5.15. The molecule has 1 atom stereocenters. The Morgan fingerprint density at radius 1 is 1.47 bits per heavy atom. The van der Waals surface area contributed by atoms with Crippen LogP contribution in [0.15, 0.2) is 23.1 Å². The highest BCUT2D eigenvalue weighted by Crippen LogP contribution is 2.32. The molecule has 82 valence electrons. The number of hydrogen-bond acceptors (Lipinski definition) is 2. The maximum atomic E-state index is 11.0. The number of aromatic amines is 1. The molecule has 0 saturated carbocycles. The van der Waals surface area contributed by atoms with Crippen molar-refractivity contribution in [2.75, 3.05) is 6.54 Å². The monoisotopic (exact) mass is 206 g/mol. The van der Waals surface area contributed by atoms with Gasteiger partial charge in [0.05, 0.1) is 0 Å². The van der Waals surface area contributed by atoms with E-state index in [4.69, 9.17) is 0 Å². The fraction of sp³-hybridized carbons (Fsp3) is 0.583. The number of pyridine rings is 1. The Bertz CT molecular complexity index is 363. The predicted molar refractivity (Wildman–Crippen MR) is 60.9 cm³/mol. The molecule has 0 aromatic carbocycles. The zero-order valence-corrected chi connectivity index (χ0v) is 9.36. The number of H-pyrrole nitrogens is 1. The third kappa shape index (κ3) is 2.12. The highest BCUT2D eigenvalue weighted by Gasteiger charge is 2.27. The van der Waals surface area contributed by atoms with Crippen molar-refractivity contribution in [2.45, 2.75) is 38.8 Å². The van der Waals surface area contributed by atoms with E-state index in [9.17, 15) is 4.79 Å². The van der Waals surface area contributed by atoms with Gasteiger partial charge in [-0.3, -0.25) is 9.69 Å². The summed E-state index contributed by atoms with van der Waals surface area (Å²) in [7, 11) is 0. The Balaban J connectivity index is 2.22. The van der Waals surface area contributed by atoms with Gasteiger partial charge in [0.15, 0.2) is 0 Å². The molecule has 0 radical (unpaired) electrons. The summed E-state index contributed by atoms with van der Waals surface area (Å²) >= 11 is 0. The van der Waals surface area contributed by atoms with E-state index in [0.717, 1.165) is 0 Å². The largest absolute Gasteiger partial charge is 0.329 e. The van der Waals surface area contributed by atoms with Crippen LogP contribution in [-0.4, -0.2) is 22.5 Å². The van der Waals surface area contributed by atoms with E-state index < -0.39 is 0 Å². The maximum absolute atomic E-state index is 11.0. The molecule has 2 heterocycles. The third-order valence-electron chi connectivity index (χ3n) is 3.15. The van der Waals surface area contributed by atoms with E-state index in [2.05, 4.69) is 23.7 Å². The van der Waals surface area contributed by atoms with Crippen molar-refractivity contribution in [1.82, 2.24) is 9.88 Å². The standard InChI is InChI=1S/C12H18N2O/c1-9(2)14-7-3-4-11(14)10-5-6-12(15)13-8-10/h5-6,8-9,11H,3-4,7H2,1-2H3,(H,13,15). The highest BCUT2D eigenvalue weighted by atomic mass is 16.1. The van der Waals surface area contributed by atoms with E-state index >= 15 is 0 Å². The average molecular weight is 206 g/mol. The van der Waals surface area contributed by atoms with Gasteiger partial charge < -0.3 is 4.98 Å². The van der Waals surface area contributed by atoms with Crippen molar-refractivity contribution >= 4 is 0 Å². The number of aromatic nitrogens is 1. The number of likely N-dealkylation sites (tertiary alicyclic amines) is 1. The topological polar surface area (TPSA) is 36.1 Å². The van der Waals surface area contributed by atoms with Gasteiger partial charge in [-0.25, -0.2) is 0 Å². The number of rotatable bonds is 2. The first kappa shape index (κ1) is 10.4. The fourth-order valence-electron chi connectivity index (χ4n) is 2.39. The lowest BCUT2D eigenvalue weighted by atomic mass is 10.1. The molecule has 1 aromatic heterocycles. The molecule has 1 unspecified atom stereocenters. The summed E-state index contributed by atoms with van der Waals surface area (Å²) in [4.78, 5) is 16.2. The van der Waals surface area contributed by atoms with E-state index in [0.29, 0.717) is 12.1 Å². The molecular weight excluding hydrogens is 188 g/mol. The normalized spacial score (nSPS) is 22.5. The van der Waals surface area contributed by atoms with Gasteiger partial charge in [-0.1, -0.05) is 6.07 Å². The summed E-state index contributed by atoms with van der Waals surface area (Å²) in [5.41, 5.74) is 1.22. The molecule has 0 aliphatic carbocycles. The van der Waals surface area contributed by atoms with Crippen molar-refractivity contribution in [3.05, 3.63) is 34.2 Å². The first-order valence-electron chi connectivity index (χ1n) is 5.63. The molecule has 3 heteroatoms. The minimum atomic E-state index is -0.0205. The molecule has 1 saturated heterocycles. The molecule has 2 rings (SSSR count). The molecule has 0 spiro atoms. The van der Waals surface area contributed by atoms with E-state index in [1.807, 2.05) is 12.3 Å². The van der Waals surface area contributed by atoms with Gasteiger partial charge in [-0.05, 0) is 38.8 Å². The van der Waals surface area contributed by atoms with Crippen molar-refractivity contribution in [3.8, 4) is 0 Å². The van der Waals surface area contributed by atoms with Gasteiger partial charge in [-0.2, -0.15) is 0 Å². The van der Waals surface area contributed by atoms with Gasteiger partial charge in [0.1, 0.15) is 0 Å². The van der Waals surface area contributed by atoms with Crippen LogP contribution in [0.2, 0.25) is 0 Å². The Labute approximate surface area is 90.1 Å². The Hall–Kier alpha value is -1.09. The first-order chi connectivity index (χ1) is 7.18. The fourth-order valence-corrected chi connectivity index (χ4v) is 2.39. The van der Waals surface area contributed by atoms with Gasteiger partial charge in [0.25, 0.3) is 0 Å². The van der Waals surface area contributed by atoms with E-state index in [1.54, 1.807) is 6.07 Å². The SMILES string of the molecule is CC(C)N1CCCC1c1ccc(=O)[nH]c1. The van der Waals surface area contributed by atoms with Gasteiger partial charge in [-0.15, -0.1) is 0 Å². The molecule has 15 heavy (non-hydrogen) atoms. The smallest absolute Gasteiger partial charge is 0.247 e. The van der Waals surface area contributed by atoms with Crippen LogP contribution >= 0.6 is 0 Å². The second kappa shape index (κ2) is 4.19. The molecule has 0 amide bonds.